The van der Waals surface area contributed by atoms with Crippen molar-refractivity contribution in [3.63, 3.8) is 0 Å². The highest BCUT2D eigenvalue weighted by Gasteiger charge is 2.43. The Balaban J connectivity index is 4.50. The second kappa shape index (κ2) is 10.2. The molecule has 0 aromatic carbocycles. The Labute approximate surface area is 126 Å². The van der Waals surface area contributed by atoms with Gasteiger partial charge in [0.25, 0.3) is 0 Å². The molecule has 0 aliphatic rings. The van der Waals surface area contributed by atoms with E-state index < -0.39 is 22.5 Å². The number of ketones is 1. The van der Waals surface area contributed by atoms with Crippen LogP contribution in [0, 0.1) is 0 Å². The first-order chi connectivity index (χ1) is 9.40. The summed E-state index contributed by atoms with van der Waals surface area (Å²) in [5.41, 5.74) is 9.37. The summed E-state index contributed by atoms with van der Waals surface area (Å²) >= 11 is 4.24. The third-order valence-corrected chi connectivity index (χ3v) is 3.97. The molecule has 0 saturated carbocycles. The fourth-order valence-corrected chi connectivity index (χ4v) is 2.49. The molecule has 0 aliphatic carbocycles. The van der Waals surface area contributed by atoms with Crippen molar-refractivity contribution in [1.29, 1.82) is 0 Å². The maximum absolute atomic E-state index is 12.3. The Morgan fingerprint density at radius 3 is 2.35 bits per heavy atom. The molecule has 0 aromatic heterocycles. The van der Waals surface area contributed by atoms with Crippen LogP contribution in [-0.4, -0.2) is 34.2 Å². The van der Waals surface area contributed by atoms with Crippen molar-refractivity contribution in [2.24, 2.45) is 11.5 Å². The van der Waals surface area contributed by atoms with E-state index in [9.17, 15) is 14.7 Å². The molecule has 6 heteroatoms. The van der Waals surface area contributed by atoms with Crippen molar-refractivity contribution < 1.29 is 14.7 Å². The van der Waals surface area contributed by atoms with Gasteiger partial charge in [0.1, 0.15) is 0 Å². The van der Waals surface area contributed by atoms with E-state index in [1.807, 2.05) is 0 Å². The first-order valence-electron chi connectivity index (χ1n) is 7.34. The van der Waals surface area contributed by atoms with Gasteiger partial charge in [0.05, 0.1) is 5.25 Å². The largest absolute Gasteiger partial charge is 0.480 e. The lowest BCUT2D eigenvalue weighted by Gasteiger charge is -2.26. The molecule has 0 bridgehead atoms. The minimum absolute atomic E-state index is 0.115. The Hall–Kier alpha value is -0.590. The molecule has 5 N–H and O–H groups in total. The predicted octanol–water partition coefficient (Wildman–Crippen LogP) is 1.74. The minimum atomic E-state index is -1.83. The van der Waals surface area contributed by atoms with Crippen molar-refractivity contribution in [3.8, 4) is 0 Å². The fraction of sp³-hybridized carbons (Fsp3) is 0.857. The molecule has 0 aromatic rings. The van der Waals surface area contributed by atoms with Gasteiger partial charge in [-0.1, -0.05) is 32.6 Å². The number of aliphatic carboxylic acids is 1. The van der Waals surface area contributed by atoms with E-state index in [4.69, 9.17) is 11.5 Å². The van der Waals surface area contributed by atoms with Gasteiger partial charge in [0.15, 0.2) is 11.3 Å². The Kier molecular flexibility index (Phi) is 9.88. The van der Waals surface area contributed by atoms with Crippen LogP contribution in [-0.2, 0) is 9.59 Å². The number of carboxylic acid groups (broad SMARTS) is 1. The van der Waals surface area contributed by atoms with Crippen molar-refractivity contribution in [3.05, 3.63) is 0 Å². The number of carbonyl (C=O) groups excluding carboxylic acids is 1. The van der Waals surface area contributed by atoms with E-state index in [0.29, 0.717) is 25.8 Å². The van der Waals surface area contributed by atoms with Gasteiger partial charge >= 0.3 is 5.97 Å². The van der Waals surface area contributed by atoms with Gasteiger partial charge in [-0.15, -0.1) is 0 Å². The van der Waals surface area contributed by atoms with Gasteiger partial charge in [-0.3, -0.25) is 4.79 Å². The summed E-state index contributed by atoms with van der Waals surface area (Å²) in [6.45, 7) is 2.57. The van der Waals surface area contributed by atoms with E-state index in [-0.39, 0.29) is 6.42 Å². The fourth-order valence-electron chi connectivity index (χ4n) is 2.08. The summed E-state index contributed by atoms with van der Waals surface area (Å²) in [6, 6.07) is 0. The first kappa shape index (κ1) is 19.4. The number of carbonyl (C=O) groups is 2. The maximum Gasteiger partial charge on any atom is 0.331 e. The summed E-state index contributed by atoms with van der Waals surface area (Å²) in [7, 11) is 0. The zero-order valence-corrected chi connectivity index (χ0v) is 13.2. The van der Waals surface area contributed by atoms with Crippen LogP contribution in [0.5, 0.6) is 0 Å². The molecule has 0 amide bonds. The van der Waals surface area contributed by atoms with Gasteiger partial charge in [-0.25, -0.2) is 4.79 Å². The van der Waals surface area contributed by atoms with Gasteiger partial charge in [-0.2, -0.15) is 12.6 Å². The predicted molar refractivity (Wildman–Crippen MR) is 84.0 cm³/mol. The van der Waals surface area contributed by atoms with Crippen molar-refractivity contribution in [1.82, 2.24) is 0 Å². The van der Waals surface area contributed by atoms with Crippen LogP contribution < -0.4 is 11.5 Å². The molecule has 2 unspecified atom stereocenters. The number of Topliss-reactive ketones (excluding diaryl/α,β-unsaturated/α-hetero) is 1. The SMILES string of the molecule is CCCCCCC(S)C(=O)C(N)(CCCCN)C(=O)O. The van der Waals surface area contributed by atoms with Gasteiger partial charge < -0.3 is 16.6 Å². The van der Waals surface area contributed by atoms with E-state index in [0.717, 1.165) is 25.7 Å². The highest BCUT2D eigenvalue weighted by molar-refractivity contribution is 7.81. The summed E-state index contributed by atoms with van der Waals surface area (Å²) in [5, 5.41) is 8.64. The molecule has 0 fully saturated rings. The molecule has 2 atom stereocenters. The van der Waals surface area contributed by atoms with E-state index >= 15 is 0 Å². The Morgan fingerprint density at radius 2 is 1.85 bits per heavy atom. The van der Waals surface area contributed by atoms with Crippen LogP contribution in [0.2, 0.25) is 0 Å². The third-order valence-electron chi connectivity index (χ3n) is 3.48. The molecule has 20 heavy (non-hydrogen) atoms. The zero-order valence-electron chi connectivity index (χ0n) is 12.3. The normalized spacial score (nSPS) is 15.6. The monoisotopic (exact) mass is 304 g/mol. The molecular weight excluding hydrogens is 276 g/mol. The average molecular weight is 304 g/mol. The summed E-state index contributed by atoms with van der Waals surface area (Å²) in [4.78, 5) is 23.6. The molecule has 0 spiro atoms. The van der Waals surface area contributed by atoms with Crippen molar-refractivity contribution >= 4 is 24.4 Å². The van der Waals surface area contributed by atoms with Crippen LogP contribution >= 0.6 is 12.6 Å². The number of hydrogen-bond donors (Lipinski definition) is 4. The second-order valence-corrected chi connectivity index (χ2v) is 5.88. The van der Waals surface area contributed by atoms with Crippen LogP contribution in [0.15, 0.2) is 0 Å². The van der Waals surface area contributed by atoms with Gasteiger partial charge in [-0.05, 0) is 32.2 Å². The second-order valence-electron chi connectivity index (χ2n) is 5.25. The van der Waals surface area contributed by atoms with E-state index in [1.54, 1.807) is 0 Å². The smallest absolute Gasteiger partial charge is 0.331 e. The Bertz CT molecular complexity index is 313. The van der Waals surface area contributed by atoms with Crippen LogP contribution in [0.4, 0.5) is 0 Å². The number of hydrogen-bond acceptors (Lipinski definition) is 5. The zero-order chi connectivity index (χ0) is 15.6. The molecule has 0 aliphatic heterocycles. The summed E-state index contributed by atoms with van der Waals surface area (Å²) in [6.07, 6.45) is 5.99. The lowest BCUT2D eigenvalue weighted by molar-refractivity contribution is -0.148. The van der Waals surface area contributed by atoms with Crippen LogP contribution in [0.1, 0.15) is 58.3 Å². The van der Waals surface area contributed by atoms with Crippen molar-refractivity contribution in [2.45, 2.75) is 69.1 Å². The molecule has 0 radical (unpaired) electrons. The maximum atomic E-state index is 12.3. The van der Waals surface area contributed by atoms with Crippen molar-refractivity contribution in [2.75, 3.05) is 6.54 Å². The molecule has 0 saturated heterocycles. The lowest BCUT2D eigenvalue weighted by Crippen LogP contribution is -2.57. The topological polar surface area (TPSA) is 106 Å². The summed E-state index contributed by atoms with van der Waals surface area (Å²) < 4.78 is 0. The number of thiol groups is 1. The molecule has 0 heterocycles. The first-order valence-corrected chi connectivity index (χ1v) is 7.86. The summed E-state index contributed by atoms with van der Waals surface area (Å²) in [5.74, 6) is -1.76. The highest BCUT2D eigenvalue weighted by Crippen LogP contribution is 2.21. The molecular formula is C14H28N2O3S. The molecule has 5 nitrogen and oxygen atoms in total. The van der Waals surface area contributed by atoms with Crippen LogP contribution in [0.3, 0.4) is 0 Å². The number of unbranched alkanes of at least 4 members (excludes halogenated alkanes) is 4. The van der Waals surface area contributed by atoms with Gasteiger partial charge in [0, 0.05) is 0 Å². The van der Waals surface area contributed by atoms with E-state index in [1.165, 1.54) is 0 Å². The quantitative estimate of drug-likeness (QED) is 0.250. The van der Waals surface area contributed by atoms with Gasteiger partial charge in [0.2, 0.25) is 0 Å². The third kappa shape index (κ3) is 6.24. The number of carboxylic acids is 1. The Morgan fingerprint density at radius 1 is 1.20 bits per heavy atom. The minimum Gasteiger partial charge on any atom is -0.480 e. The van der Waals surface area contributed by atoms with E-state index in [2.05, 4.69) is 19.6 Å². The highest BCUT2D eigenvalue weighted by atomic mass is 32.1. The number of rotatable bonds is 12. The molecule has 0 rings (SSSR count). The standard InChI is InChI=1S/C14H28N2O3S/c1-2-3-4-5-8-11(20)12(17)14(16,13(18)19)9-6-7-10-15/h11,20H,2-10,15-16H2,1H3,(H,18,19). The van der Waals surface area contributed by atoms with Crippen LogP contribution in [0.25, 0.3) is 0 Å². The molecule has 118 valence electrons. The average Bonchev–Trinajstić information content (AvgIpc) is 2.42. The number of nitrogens with two attached hydrogens (primary N) is 2. The lowest BCUT2D eigenvalue weighted by atomic mass is 9.86.